The van der Waals surface area contributed by atoms with E-state index < -0.39 is 0 Å². The molecular weight excluding hydrogens is 230 g/mol. The normalized spacial score (nSPS) is 21.2. The largest absolute Gasteiger partial charge is 0.462 e. The van der Waals surface area contributed by atoms with E-state index in [-0.39, 0.29) is 17.8 Å². The maximum Gasteiger partial charge on any atom is 0.338 e. The predicted octanol–water partition coefficient (Wildman–Crippen LogP) is 2.46. The van der Waals surface area contributed by atoms with Crippen LogP contribution in [-0.2, 0) is 9.53 Å². The van der Waals surface area contributed by atoms with Crippen LogP contribution in [0.25, 0.3) is 0 Å². The van der Waals surface area contributed by atoms with Gasteiger partial charge in [-0.1, -0.05) is 6.92 Å². The molecular formula is C14H17NO3. The first-order valence-electron chi connectivity index (χ1n) is 6.20. The topological polar surface area (TPSA) is 55.4 Å². The van der Waals surface area contributed by atoms with E-state index in [2.05, 4.69) is 12.2 Å². The summed E-state index contributed by atoms with van der Waals surface area (Å²) in [5.41, 5.74) is 1.21. The summed E-state index contributed by atoms with van der Waals surface area (Å²) < 4.78 is 4.88. The van der Waals surface area contributed by atoms with Crippen LogP contribution in [0.4, 0.5) is 5.69 Å². The van der Waals surface area contributed by atoms with Crippen molar-refractivity contribution < 1.29 is 14.3 Å². The van der Waals surface area contributed by atoms with Crippen LogP contribution in [0.1, 0.15) is 30.6 Å². The van der Waals surface area contributed by atoms with E-state index in [1.807, 2.05) is 0 Å². The summed E-state index contributed by atoms with van der Waals surface area (Å²) in [4.78, 5) is 23.1. The summed E-state index contributed by atoms with van der Waals surface area (Å²) in [5.74, 6) is 0.358. The van der Waals surface area contributed by atoms with Crippen LogP contribution in [0.3, 0.4) is 0 Å². The number of anilines is 1. The Kier molecular flexibility index (Phi) is 3.65. The Bertz CT molecular complexity index is 453. The molecule has 96 valence electrons. The highest BCUT2D eigenvalue weighted by molar-refractivity contribution is 5.95. The number of hydrogen-bond donors (Lipinski definition) is 1. The second kappa shape index (κ2) is 5.21. The molecule has 1 saturated carbocycles. The average Bonchev–Trinajstić information content (AvgIpc) is 3.08. The lowest BCUT2D eigenvalue weighted by Gasteiger charge is -2.06. The van der Waals surface area contributed by atoms with Crippen LogP contribution < -0.4 is 5.32 Å². The van der Waals surface area contributed by atoms with E-state index in [0.717, 1.165) is 6.42 Å². The van der Waals surface area contributed by atoms with E-state index in [0.29, 0.717) is 23.8 Å². The van der Waals surface area contributed by atoms with Gasteiger partial charge in [-0.05, 0) is 43.5 Å². The van der Waals surface area contributed by atoms with E-state index >= 15 is 0 Å². The summed E-state index contributed by atoms with van der Waals surface area (Å²) in [6, 6.07) is 6.75. The third kappa shape index (κ3) is 2.88. The van der Waals surface area contributed by atoms with Gasteiger partial charge in [0.1, 0.15) is 0 Å². The molecule has 0 spiro atoms. The fourth-order valence-electron chi connectivity index (χ4n) is 1.83. The van der Waals surface area contributed by atoms with Gasteiger partial charge >= 0.3 is 5.97 Å². The number of nitrogens with one attached hydrogen (secondary N) is 1. The Balaban J connectivity index is 1.95. The van der Waals surface area contributed by atoms with Crippen LogP contribution in [-0.4, -0.2) is 18.5 Å². The molecule has 1 aliphatic carbocycles. The third-order valence-corrected chi connectivity index (χ3v) is 3.11. The molecule has 1 N–H and O–H groups in total. The second-order valence-corrected chi connectivity index (χ2v) is 4.61. The Hall–Kier alpha value is -1.84. The van der Waals surface area contributed by atoms with Crippen molar-refractivity contribution in [1.82, 2.24) is 0 Å². The van der Waals surface area contributed by atoms with E-state index in [1.165, 1.54) is 0 Å². The molecule has 4 heteroatoms. The number of carbonyl (C=O) groups is 2. The SMILES string of the molecule is CCOC(=O)c1ccc(NC(=O)[C@H]2C[C@@H]2C)cc1. The Morgan fingerprint density at radius 1 is 1.33 bits per heavy atom. The highest BCUT2D eigenvalue weighted by atomic mass is 16.5. The number of benzene rings is 1. The number of rotatable bonds is 4. The minimum atomic E-state index is -0.341. The zero-order valence-electron chi connectivity index (χ0n) is 10.6. The number of amides is 1. The number of hydrogen-bond acceptors (Lipinski definition) is 3. The minimum Gasteiger partial charge on any atom is -0.462 e. The molecule has 4 nitrogen and oxygen atoms in total. The highest BCUT2D eigenvalue weighted by Crippen LogP contribution is 2.38. The van der Waals surface area contributed by atoms with Crippen LogP contribution in [0, 0.1) is 11.8 Å². The molecule has 1 aliphatic rings. The van der Waals surface area contributed by atoms with Crippen molar-refractivity contribution in [2.75, 3.05) is 11.9 Å². The molecule has 0 aromatic heterocycles. The molecule has 0 heterocycles. The van der Waals surface area contributed by atoms with Gasteiger partial charge in [0, 0.05) is 11.6 Å². The predicted molar refractivity (Wildman–Crippen MR) is 68.3 cm³/mol. The van der Waals surface area contributed by atoms with Crippen molar-refractivity contribution in [3.8, 4) is 0 Å². The van der Waals surface area contributed by atoms with Gasteiger partial charge in [0.2, 0.25) is 5.91 Å². The standard InChI is InChI=1S/C14H17NO3/c1-3-18-14(17)10-4-6-11(7-5-10)15-13(16)12-8-9(12)2/h4-7,9,12H,3,8H2,1-2H3,(H,15,16)/t9-,12-/m0/s1. The van der Waals surface area contributed by atoms with Crippen molar-refractivity contribution in [3.05, 3.63) is 29.8 Å². The molecule has 1 aromatic rings. The maximum atomic E-state index is 11.7. The van der Waals surface area contributed by atoms with Gasteiger partial charge in [0.15, 0.2) is 0 Å². The first-order valence-corrected chi connectivity index (χ1v) is 6.20. The zero-order chi connectivity index (χ0) is 13.1. The first-order chi connectivity index (χ1) is 8.61. The maximum absolute atomic E-state index is 11.7. The van der Waals surface area contributed by atoms with Crippen LogP contribution in [0.5, 0.6) is 0 Å². The lowest BCUT2D eigenvalue weighted by Crippen LogP contribution is -2.14. The molecule has 0 bridgehead atoms. The molecule has 2 rings (SSSR count). The van der Waals surface area contributed by atoms with Gasteiger partial charge in [-0.3, -0.25) is 4.79 Å². The number of carbonyl (C=O) groups excluding carboxylic acids is 2. The van der Waals surface area contributed by atoms with E-state index in [4.69, 9.17) is 4.74 Å². The lowest BCUT2D eigenvalue weighted by atomic mass is 10.2. The summed E-state index contributed by atoms with van der Waals surface area (Å²) in [6.45, 7) is 4.19. The summed E-state index contributed by atoms with van der Waals surface area (Å²) in [5, 5.41) is 2.84. The smallest absolute Gasteiger partial charge is 0.338 e. The number of ether oxygens (including phenoxy) is 1. The Labute approximate surface area is 106 Å². The van der Waals surface area contributed by atoms with E-state index in [9.17, 15) is 9.59 Å². The third-order valence-electron chi connectivity index (χ3n) is 3.11. The fraction of sp³-hybridized carbons (Fsp3) is 0.429. The van der Waals surface area contributed by atoms with Crippen molar-refractivity contribution in [3.63, 3.8) is 0 Å². The van der Waals surface area contributed by atoms with Gasteiger partial charge in [0.05, 0.1) is 12.2 Å². The summed E-state index contributed by atoms with van der Waals surface area (Å²) in [7, 11) is 0. The van der Waals surface area contributed by atoms with Gasteiger partial charge < -0.3 is 10.1 Å². The summed E-state index contributed by atoms with van der Waals surface area (Å²) >= 11 is 0. The molecule has 1 fully saturated rings. The lowest BCUT2D eigenvalue weighted by molar-refractivity contribution is -0.117. The molecule has 1 amide bonds. The van der Waals surface area contributed by atoms with Crippen molar-refractivity contribution in [1.29, 1.82) is 0 Å². The average molecular weight is 247 g/mol. The van der Waals surface area contributed by atoms with Crippen molar-refractivity contribution in [2.24, 2.45) is 11.8 Å². The molecule has 18 heavy (non-hydrogen) atoms. The molecule has 0 radical (unpaired) electrons. The zero-order valence-corrected chi connectivity index (χ0v) is 10.6. The molecule has 1 aromatic carbocycles. The quantitative estimate of drug-likeness (QED) is 0.831. The fourth-order valence-corrected chi connectivity index (χ4v) is 1.83. The molecule has 0 saturated heterocycles. The highest BCUT2D eigenvalue weighted by Gasteiger charge is 2.38. The molecule has 2 atom stereocenters. The Morgan fingerprint density at radius 3 is 2.44 bits per heavy atom. The first kappa shape index (κ1) is 12.6. The van der Waals surface area contributed by atoms with Crippen molar-refractivity contribution in [2.45, 2.75) is 20.3 Å². The van der Waals surface area contributed by atoms with Crippen LogP contribution in [0.15, 0.2) is 24.3 Å². The van der Waals surface area contributed by atoms with Gasteiger partial charge in [0.25, 0.3) is 0 Å². The summed E-state index contributed by atoms with van der Waals surface area (Å²) in [6.07, 6.45) is 0.965. The monoisotopic (exact) mass is 247 g/mol. The molecule has 0 aliphatic heterocycles. The van der Waals surface area contributed by atoms with Crippen LogP contribution in [0.2, 0.25) is 0 Å². The minimum absolute atomic E-state index is 0.0615. The van der Waals surface area contributed by atoms with Gasteiger partial charge in [-0.15, -0.1) is 0 Å². The van der Waals surface area contributed by atoms with Crippen LogP contribution >= 0.6 is 0 Å². The Morgan fingerprint density at radius 2 is 1.94 bits per heavy atom. The second-order valence-electron chi connectivity index (χ2n) is 4.61. The van der Waals surface area contributed by atoms with Gasteiger partial charge in [-0.2, -0.15) is 0 Å². The van der Waals surface area contributed by atoms with Gasteiger partial charge in [-0.25, -0.2) is 4.79 Å². The number of esters is 1. The van der Waals surface area contributed by atoms with E-state index in [1.54, 1.807) is 31.2 Å². The van der Waals surface area contributed by atoms with Crippen molar-refractivity contribution >= 4 is 17.6 Å². The molecule has 0 unspecified atom stereocenters.